The fourth-order valence-corrected chi connectivity index (χ4v) is 3.63. The van der Waals surface area contributed by atoms with Crippen molar-refractivity contribution < 1.29 is 14.0 Å². The Kier molecular flexibility index (Phi) is 3.44. The third kappa shape index (κ3) is 2.23. The summed E-state index contributed by atoms with van der Waals surface area (Å²) in [4.78, 5) is 31.4. The molecule has 7 nitrogen and oxygen atoms in total. The highest BCUT2D eigenvalue weighted by molar-refractivity contribution is 6.07. The number of urea groups is 1. The van der Waals surface area contributed by atoms with Gasteiger partial charge in [0.15, 0.2) is 0 Å². The molecule has 1 unspecified atom stereocenters. The number of imide groups is 1. The van der Waals surface area contributed by atoms with Crippen LogP contribution in [-0.4, -0.2) is 26.4 Å². The first-order valence-corrected chi connectivity index (χ1v) is 8.43. The van der Waals surface area contributed by atoms with Gasteiger partial charge in [0.05, 0.1) is 17.6 Å². The van der Waals surface area contributed by atoms with Gasteiger partial charge in [-0.05, 0) is 39.0 Å². The molecule has 3 aromatic rings. The number of aromatic nitrogens is 2. The standard InChI is InChI=1S/C19H20N4O3/c1-11-9-13(12(2)26-11)19(3)17(24)23(18(25)21-19)10-16-20-14-7-5-6-8-15(14)22(16)4/h5-9H,10H2,1-4H3,(H,21,25). The maximum atomic E-state index is 13.1. The molecule has 1 aromatic carbocycles. The maximum absolute atomic E-state index is 13.1. The summed E-state index contributed by atoms with van der Waals surface area (Å²) >= 11 is 0. The van der Waals surface area contributed by atoms with E-state index in [1.165, 1.54) is 4.90 Å². The number of amides is 3. The van der Waals surface area contributed by atoms with Crippen LogP contribution in [0.15, 0.2) is 34.7 Å². The Hall–Kier alpha value is -3.09. The molecule has 26 heavy (non-hydrogen) atoms. The van der Waals surface area contributed by atoms with Gasteiger partial charge >= 0.3 is 6.03 Å². The largest absolute Gasteiger partial charge is 0.466 e. The number of benzene rings is 1. The lowest BCUT2D eigenvalue weighted by molar-refractivity contribution is -0.131. The van der Waals surface area contributed by atoms with Crippen molar-refractivity contribution in [1.29, 1.82) is 0 Å². The van der Waals surface area contributed by atoms with Gasteiger partial charge in [-0.3, -0.25) is 9.69 Å². The number of nitrogens with one attached hydrogen (secondary N) is 1. The number of rotatable bonds is 3. The van der Waals surface area contributed by atoms with Crippen LogP contribution in [0.4, 0.5) is 4.79 Å². The van der Waals surface area contributed by atoms with Gasteiger partial charge in [0, 0.05) is 12.6 Å². The molecule has 2 aromatic heterocycles. The number of carbonyl (C=O) groups is 2. The lowest BCUT2D eigenvalue weighted by atomic mass is 9.92. The number of hydrogen-bond donors (Lipinski definition) is 1. The van der Waals surface area contributed by atoms with Crippen LogP contribution in [0.2, 0.25) is 0 Å². The zero-order valence-corrected chi connectivity index (χ0v) is 15.2. The molecule has 4 rings (SSSR count). The Balaban J connectivity index is 1.69. The molecule has 0 spiro atoms. The van der Waals surface area contributed by atoms with Crippen molar-refractivity contribution in [3.8, 4) is 0 Å². The molecule has 134 valence electrons. The average molecular weight is 352 g/mol. The lowest BCUT2D eigenvalue weighted by Gasteiger charge is -2.21. The lowest BCUT2D eigenvalue weighted by Crippen LogP contribution is -2.41. The number of carbonyl (C=O) groups excluding carboxylic acids is 2. The van der Waals surface area contributed by atoms with E-state index in [1.807, 2.05) is 42.8 Å². The summed E-state index contributed by atoms with van der Waals surface area (Å²) in [7, 11) is 1.88. The quantitative estimate of drug-likeness (QED) is 0.735. The molecule has 1 aliphatic heterocycles. The first kappa shape index (κ1) is 16.4. The number of hydrogen-bond acceptors (Lipinski definition) is 4. The number of fused-ring (bicyclic) bond motifs is 1. The SMILES string of the molecule is Cc1cc(C2(C)NC(=O)N(Cc3nc4ccccc4n3C)C2=O)c(C)o1. The Morgan fingerprint density at radius 1 is 1.23 bits per heavy atom. The number of aryl methyl sites for hydroxylation is 3. The van der Waals surface area contributed by atoms with Crippen LogP contribution in [0.1, 0.15) is 29.8 Å². The monoisotopic (exact) mass is 352 g/mol. The number of nitrogens with zero attached hydrogens (tertiary/aromatic N) is 3. The van der Waals surface area contributed by atoms with E-state index < -0.39 is 11.6 Å². The van der Waals surface area contributed by atoms with Gasteiger partial charge in [0.1, 0.15) is 22.9 Å². The molecular weight excluding hydrogens is 332 g/mol. The molecule has 0 radical (unpaired) electrons. The molecule has 0 bridgehead atoms. The van der Waals surface area contributed by atoms with E-state index in [0.717, 1.165) is 11.0 Å². The Morgan fingerprint density at radius 3 is 2.62 bits per heavy atom. The molecule has 3 heterocycles. The molecule has 1 N–H and O–H groups in total. The molecule has 1 fully saturated rings. The van der Waals surface area contributed by atoms with Crippen LogP contribution in [0.3, 0.4) is 0 Å². The summed E-state index contributed by atoms with van der Waals surface area (Å²) in [6, 6.07) is 9.08. The van der Waals surface area contributed by atoms with Crippen LogP contribution in [0, 0.1) is 13.8 Å². The van der Waals surface area contributed by atoms with Gasteiger partial charge in [-0.15, -0.1) is 0 Å². The zero-order chi connectivity index (χ0) is 18.6. The van der Waals surface area contributed by atoms with Gasteiger partial charge in [0.2, 0.25) is 0 Å². The first-order chi connectivity index (χ1) is 12.3. The predicted octanol–water partition coefficient (Wildman–Crippen LogP) is 2.75. The number of furan rings is 1. The second-order valence-electron chi connectivity index (χ2n) is 6.85. The summed E-state index contributed by atoms with van der Waals surface area (Å²) in [5.74, 6) is 1.68. The number of imidazole rings is 1. The molecule has 7 heteroatoms. The van der Waals surface area contributed by atoms with Crippen LogP contribution >= 0.6 is 0 Å². The van der Waals surface area contributed by atoms with E-state index in [1.54, 1.807) is 19.9 Å². The topological polar surface area (TPSA) is 80.4 Å². The van der Waals surface area contributed by atoms with Gasteiger partial charge in [-0.25, -0.2) is 9.78 Å². The average Bonchev–Trinajstić information content (AvgIpc) is 3.18. The van der Waals surface area contributed by atoms with E-state index in [9.17, 15) is 9.59 Å². The van der Waals surface area contributed by atoms with Crippen LogP contribution in [0.5, 0.6) is 0 Å². The smallest absolute Gasteiger partial charge is 0.325 e. The minimum Gasteiger partial charge on any atom is -0.466 e. The molecule has 0 aliphatic carbocycles. The summed E-state index contributed by atoms with van der Waals surface area (Å²) in [6.45, 7) is 5.43. The Morgan fingerprint density at radius 2 is 1.96 bits per heavy atom. The Bertz CT molecular complexity index is 1050. The molecule has 0 saturated carbocycles. The van der Waals surface area contributed by atoms with Crippen molar-refractivity contribution in [1.82, 2.24) is 19.8 Å². The second-order valence-corrected chi connectivity index (χ2v) is 6.85. The molecule has 1 aliphatic rings. The highest BCUT2D eigenvalue weighted by Crippen LogP contribution is 2.33. The van der Waals surface area contributed by atoms with Crippen molar-refractivity contribution in [3.63, 3.8) is 0 Å². The van der Waals surface area contributed by atoms with Crippen molar-refractivity contribution in [2.24, 2.45) is 7.05 Å². The number of para-hydroxylation sites is 2. The minimum atomic E-state index is -1.14. The van der Waals surface area contributed by atoms with Gasteiger partial charge < -0.3 is 14.3 Å². The summed E-state index contributed by atoms with van der Waals surface area (Å²) in [5, 5.41) is 2.81. The van der Waals surface area contributed by atoms with E-state index in [2.05, 4.69) is 10.3 Å². The van der Waals surface area contributed by atoms with E-state index in [0.29, 0.717) is 22.9 Å². The van der Waals surface area contributed by atoms with E-state index in [4.69, 9.17) is 4.42 Å². The zero-order valence-electron chi connectivity index (χ0n) is 15.2. The molecule has 3 amide bonds. The van der Waals surface area contributed by atoms with Crippen molar-refractivity contribution in [3.05, 3.63) is 53.2 Å². The van der Waals surface area contributed by atoms with Crippen LogP contribution in [-0.2, 0) is 23.9 Å². The highest BCUT2D eigenvalue weighted by atomic mass is 16.3. The second kappa shape index (κ2) is 5.45. The first-order valence-electron chi connectivity index (χ1n) is 8.43. The predicted molar refractivity (Wildman–Crippen MR) is 95.3 cm³/mol. The molecule has 1 atom stereocenters. The minimum absolute atomic E-state index is 0.112. The molecule has 1 saturated heterocycles. The van der Waals surface area contributed by atoms with Crippen molar-refractivity contribution in [2.45, 2.75) is 32.9 Å². The van der Waals surface area contributed by atoms with Gasteiger partial charge in [0.25, 0.3) is 5.91 Å². The highest BCUT2D eigenvalue weighted by Gasteiger charge is 2.50. The van der Waals surface area contributed by atoms with E-state index in [-0.39, 0.29) is 12.5 Å². The van der Waals surface area contributed by atoms with Crippen molar-refractivity contribution in [2.75, 3.05) is 0 Å². The van der Waals surface area contributed by atoms with Crippen LogP contribution in [0.25, 0.3) is 11.0 Å². The fraction of sp³-hybridized carbons (Fsp3) is 0.316. The third-order valence-corrected chi connectivity index (χ3v) is 5.03. The maximum Gasteiger partial charge on any atom is 0.325 e. The van der Waals surface area contributed by atoms with E-state index >= 15 is 0 Å². The fourth-order valence-electron chi connectivity index (χ4n) is 3.63. The summed E-state index contributed by atoms with van der Waals surface area (Å²) < 4.78 is 7.45. The Labute approximate surface area is 150 Å². The summed E-state index contributed by atoms with van der Waals surface area (Å²) in [6.07, 6.45) is 0. The normalized spacial score (nSPS) is 20.2. The van der Waals surface area contributed by atoms with Gasteiger partial charge in [-0.1, -0.05) is 12.1 Å². The molecular formula is C19H20N4O3. The van der Waals surface area contributed by atoms with Gasteiger partial charge in [-0.2, -0.15) is 0 Å². The van der Waals surface area contributed by atoms with Crippen LogP contribution < -0.4 is 5.32 Å². The third-order valence-electron chi connectivity index (χ3n) is 5.03. The summed E-state index contributed by atoms with van der Waals surface area (Å²) in [5.41, 5.74) is 1.34. The van der Waals surface area contributed by atoms with Crippen molar-refractivity contribution >= 4 is 23.0 Å².